The summed E-state index contributed by atoms with van der Waals surface area (Å²) in [5.74, 6) is -0.757. The highest BCUT2D eigenvalue weighted by Crippen LogP contribution is 2.32. The van der Waals surface area contributed by atoms with Gasteiger partial charge >= 0.3 is 11.6 Å². The van der Waals surface area contributed by atoms with Crippen LogP contribution in [-0.4, -0.2) is 29.6 Å². The molecule has 2 N–H and O–H groups in total. The van der Waals surface area contributed by atoms with Gasteiger partial charge in [-0.25, -0.2) is 4.79 Å². The summed E-state index contributed by atoms with van der Waals surface area (Å²) in [4.78, 5) is 35.4. The van der Waals surface area contributed by atoms with Crippen LogP contribution in [0.15, 0.2) is 27.4 Å². The Balaban J connectivity index is 1.62. The number of aliphatic carboxylic acids is 1. The number of nitrogens with one attached hydrogen (secondary N) is 1. The van der Waals surface area contributed by atoms with Gasteiger partial charge in [0.25, 0.3) is 5.91 Å². The standard InChI is InChI=1S/C23H28ClNO6/c1-3-4-16-9-21(26)31-19-11-20(18(24)10-17(16)19)30-13(2)22(27)25-12-14-5-7-15(8-6-14)23(28)29/h9-11,13-15H,3-8,12H2,1-2H3,(H,25,27)(H,28,29)/t13-,14?,15?/m1/s1. The van der Waals surface area contributed by atoms with Gasteiger partial charge in [0.1, 0.15) is 11.3 Å². The van der Waals surface area contributed by atoms with Gasteiger partial charge in [0.05, 0.1) is 10.9 Å². The average molecular weight is 450 g/mol. The predicted molar refractivity (Wildman–Crippen MR) is 118 cm³/mol. The number of benzene rings is 1. The fourth-order valence-corrected chi connectivity index (χ4v) is 4.25. The quantitative estimate of drug-likeness (QED) is 0.586. The Bertz CT molecular complexity index is 1010. The van der Waals surface area contributed by atoms with Crippen molar-refractivity contribution in [2.24, 2.45) is 11.8 Å². The van der Waals surface area contributed by atoms with Crippen molar-refractivity contribution in [3.8, 4) is 5.75 Å². The topological polar surface area (TPSA) is 106 Å². The molecule has 1 aliphatic rings. The number of carboxylic acids is 1. The molecule has 0 aliphatic heterocycles. The van der Waals surface area contributed by atoms with E-state index >= 15 is 0 Å². The number of hydrogen-bond donors (Lipinski definition) is 2. The summed E-state index contributed by atoms with van der Waals surface area (Å²) in [6.45, 7) is 4.14. The maximum Gasteiger partial charge on any atom is 0.336 e. The molecule has 1 saturated carbocycles. The minimum absolute atomic E-state index is 0.266. The van der Waals surface area contributed by atoms with Crippen LogP contribution < -0.4 is 15.7 Å². The van der Waals surface area contributed by atoms with Gasteiger partial charge < -0.3 is 19.6 Å². The minimum atomic E-state index is -0.796. The van der Waals surface area contributed by atoms with Gasteiger partial charge in [0.15, 0.2) is 6.10 Å². The number of fused-ring (bicyclic) bond motifs is 1. The van der Waals surface area contributed by atoms with E-state index in [0.29, 0.717) is 30.0 Å². The second kappa shape index (κ2) is 10.2. The van der Waals surface area contributed by atoms with Crippen LogP contribution in [0.2, 0.25) is 5.02 Å². The van der Waals surface area contributed by atoms with Crippen molar-refractivity contribution in [2.75, 3.05) is 6.54 Å². The van der Waals surface area contributed by atoms with Crippen LogP contribution in [0, 0.1) is 11.8 Å². The van der Waals surface area contributed by atoms with E-state index in [-0.39, 0.29) is 23.5 Å². The summed E-state index contributed by atoms with van der Waals surface area (Å²) < 4.78 is 11.1. The van der Waals surface area contributed by atoms with Crippen LogP contribution in [0.4, 0.5) is 0 Å². The Labute approximate surface area is 185 Å². The average Bonchev–Trinajstić information content (AvgIpc) is 2.73. The Morgan fingerprint density at radius 3 is 2.61 bits per heavy atom. The molecule has 8 heteroatoms. The highest BCUT2D eigenvalue weighted by atomic mass is 35.5. The first kappa shape index (κ1) is 23.1. The Morgan fingerprint density at radius 1 is 1.26 bits per heavy atom. The first-order valence-electron chi connectivity index (χ1n) is 10.7. The van der Waals surface area contributed by atoms with Crippen molar-refractivity contribution < 1.29 is 23.8 Å². The van der Waals surface area contributed by atoms with Gasteiger partial charge in [-0.15, -0.1) is 0 Å². The zero-order valence-electron chi connectivity index (χ0n) is 17.8. The van der Waals surface area contributed by atoms with Gasteiger partial charge in [-0.2, -0.15) is 0 Å². The van der Waals surface area contributed by atoms with Crippen LogP contribution in [0.25, 0.3) is 11.0 Å². The molecule has 0 saturated heterocycles. The Morgan fingerprint density at radius 2 is 1.97 bits per heavy atom. The van der Waals surface area contributed by atoms with E-state index in [9.17, 15) is 14.4 Å². The van der Waals surface area contributed by atoms with E-state index in [1.807, 2.05) is 6.92 Å². The smallest absolute Gasteiger partial charge is 0.336 e. The zero-order chi connectivity index (χ0) is 22.5. The molecule has 31 heavy (non-hydrogen) atoms. The van der Waals surface area contributed by atoms with Gasteiger partial charge in [0, 0.05) is 24.1 Å². The van der Waals surface area contributed by atoms with Crippen LogP contribution in [0.1, 0.15) is 51.5 Å². The third-order valence-corrected chi connectivity index (χ3v) is 6.13. The number of halogens is 1. The fraction of sp³-hybridized carbons (Fsp3) is 0.522. The van der Waals surface area contributed by atoms with E-state index in [4.69, 9.17) is 25.9 Å². The molecule has 1 amide bonds. The van der Waals surface area contributed by atoms with E-state index in [0.717, 1.165) is 36.6 Å². The molecule has 1 aliphatic carbocycles. The van der Waals surface area contributed by atoms with Crippen LogP contribution in [0.3, 0.4) is 0 Å². The van der Waals surface area contributed by atoms with Gasteiger partial charge in [-0.3, -0.25) is 9.59 Å². The molecule has 2 aromatic rings. The maximum atomic E-state index is 12.5. The molecule has 1 aromatic heterocycles. The molecule has 3 rings (SSSR count). The van der Waals surface area contributed by atoms with Crippen LogP contribution in [0.5, 0.6) is 5.75 Å². The molecule has 0 spiro atoms. The lowest BCUT2D eigenvalue weighted by Crippen LogP contribution is -2.39. The van der Waals surface area contributed by atoms with Crippen molar-refractivity contribution in [2.45, 2.75) is 58.5 Å². The lowest BCUT2D eigenvalue weighted by atomic mass is 9.82. The van der Waals surface area contributed by atoms with Gasteiger partial charge in [-0.1, -0.05) is 24.9 Å². The molecular formula is C23H28ClNO6. The first-order chi connectivity index (χ1) is 14.8. The van der Waals surface area contributed by atoms with Crippen molar-refractivity contribution in [1.82, 2.24) is 5.32 Å². The molecule has 168 valence electrons. The normalized spacial score (nSPS) is 19.7. The van der Waals surface area contributed by atoms with Gasteiger partial charge in [0.2, 0.25) is 0 Å². The molecule has 1 atom stereocenters. The second-order valence-corrected chi connectivity index (χ2v) is 8.59. The Hall–Kier alpha value is -2.54. The fourth-order valence-electron chi connectivity index (χ4n) is 4.04. The number of carbonyl (C=O) groups is 2. The summed E-state index contributed by atoms with van der Waals surface area (Å²) >= 11 is 6.38. The lowest BCUT2D eigenvalue weighted by Gasteiger charge is -2.26. The molecule has 1 fully saturated rings. The summed E-state index contributed by atoms with van der Waals surface area (Å²) in [5.41, 5.74) is 0.802. The summed E-state index contributed by atoms with van der Waals surface area (Å²) in [6, 6.07) is 4.73. The third-order valence-electron chi connectivity index (χ3n) is 5.84. The van der Waals surface area contributed by atoms with Gasteiger partial charge in [-0.05, 0) is 56.6 Å². The van der Waals surface area contributed by atoms with Crippen LogP contribution in [-0.2, 0) is 16.0 Å². The molecule has 0 unspecified atom stereocenters. The molecule has 0 radical (unpaired) electrons. The molecular weight excluding hydrogens is 422 g/mol. The van der Waals surface area contributed by atoms with E-state index in [1.54, 1.807) is 19.1 Å². The van der Waals surface area contributed by atoms with E-state index in [2.05, 4.69) is 5.32 Å². The number of ether oxygens (including phenoxy) is 1. The number of rotatable bonds is 8. The zero-order valence-corrected chi connectivity index (χ0v) is 18.5. The number of carbonyl (C=O) groups excluding carboxylic acids is 1. The third kappa shape index (κ3) is 5.79. The van der Waals surface area contributed by atoms with Crippen molar-refractivity contribution >= 4 is 34.4 Å². The summed E-state index contributed by atoms with van der Waals surface area (Å²) in [5, 5.41) is 13.1. The SMILES string of the molecule is CCCc1cc(=O)oc2cc(O[C@H](C)C(=O)NCC3CCC(C(=O)O)CC3)c(Cl)cc12. The number of carboxylic acid groups (broad SMARTS) is 1. The lowest BCUT2D eigenvalue weighted by molar-refractivity contribution is -0.143. The molecule has 1 aromatic carbocycles. The Kier molecular flexibility index (Phi) is 7.59. The second-order valence-electron chi connectivity index (χ2n) is 8.18. The first-order valence-corrected chi connectivity index (χ1v) is 11.1. The number of amides is 1. The molecule has 0 bridgehead atoms. The largest absolute Gasteiger partial charge is 0.481 e. The van der Waals surface area contributed by atoms with E-state index in [1.165, 1.54) is 6.07 Å². The van der Waals surface area contributed by atoms with E-state index < -0.39 is 17.7 Å². The van der Waals surface area contributed by atoms with Crippen molar-refractivity contribution in [3.63, 3.8) is 0 Å². The number of aryl methyl sites for hydroxylation is 1. The summed E-state index contributed by atoms with van der Waals surface area (Å²) in [7, 11) is 0. The van der Waals surface area contributed by atoms with Crippen LogP contribution >= 0.6 is 11.6 Å². The molecule has 1 heterocycles. The maximum absolute atomic E-state index is 12.5. The minimum Gasteiger partial charge on any atom is -0.481 e. The highest BCUT2D eigenvalue weighted by Gasteiger charge is 2.26. The van der Waals surface area contributed by atoms with Crippen molar-refractivity contribution in [3.05, 3.63) is 39.2 Å². The number of hydrogen-bond acceptors (Lipinski definition) is 5. The summed E-state index contributed by atoms with van der Waals surface area (Å²) in [6.07, 6.45) is 3.65. The monoisotopic (exact) mass is 449 g/mol. The predicted octanol–water partition coefficient (Wildman–Crippen LogP) is 4.17. The molecule has 7 nitrogen and oxygen atoms in total. The van der Waals surface area contributed by atoms with Crippen molar-refractivity contribution in [1.29, 1.82) is 0 Å². The highest BCUT2D eigenvalue weighted by molar-refractivity contribution is 6.32.